The molecule has 3 saturated heterocycles. The fourth-order valence-corrected chi connectivity index (χ4v) is 4.74. The Morgan fingerprint density at radius 3 is 2.89 bits per heavy atom. The number of nitrogens with zero attached hydrogens (tertiary/aromatic N) is 2. The second kappa shape index (κ2) is 3.66. The smallest absolute Gasteiger partial charge is 0.269 e. The number of carbonyl (C=O) groups excluding carboxylic acids is 1. The van der Waals surface area contributed by atoms with Gasteiger partial charge in [-0.05, 0) is 19.8 Å². The molecule has 0 aromatic heterocycles. The number of hydrogen-bond acceptors (Lipinski definition) is 5. The SMILES string of the molecule is C[C@@H]1OC2(O)[C@H]3CCCN3S(=O)(=O)CCN2C1=O. The maximum Gasteiger partial charge on any atom is 0.269 e. The minimum absolute atomic E-state index is 0.0188. The normalized spacial score (nSPS) is 43.7. The fourth-order valence-electron chi connectivity index (χ4n) is 3.05. The van der Waals surface area contributed by atoms with E-state index in [1.807, 2.05) is 0 Å². The van der Waals surface area contributed by atoms with Gasteiger partial charge in [0.05, 0.1) is 11.8 Å². The third-order valence-electron chi connectivity index (χ3n) is 3.92. The van der Waals surface area contributed by atoms with Crippen LogP contribution < -0.4 is 0 Å². The average molecular weight is 276 g/mol. The van der Waals surface area contributed by atoms with Crippen LogP contribution in [0.1, 0.15) is 19.8 Å². The third kappa shape index (κ3) is 1.46. The summed E-state index contributed by atoms with van der Waals surface area (Å²) in [4.78, 5) is 13.1. The molecule has 1 N–H and O–H groups in total. The van der Waals surface area contributed by atoms with Gasteiger partial charge in [0, 0.05) is 13.1 Å². The van der Waals surface area contributed by atoms with E-state index in [9.17, 15) is 18.3 Å². The predicted molar refractivity (Wildman–Crippen MR) is 60.7 cm³/mol. The van der Waals surface area contributed by atoms with Gasteiger partial charge in [-0.3, -0.25) is 9.69 Å². The number of fused-ring (bicyclic) bond motifs is 3. The molecule has 1 unspecified atom stereocenters. The summed E-state index contributed by atoms with van der Waals surface area (Å²) in [5.41, 5.74) is 0. The van der Waals surface area contributed by atoms with Gasteiger partial charge in [0.2, 0.25) is 10.0 Å². The van der Waals surface area contributed by atoms with Gasteiger partial charge in [-0.25, -0.2) is 8.42 Å². The largest absolute Gasteiger partial charge is 0.347 e. The molecule has 3 fully saturated rings. The molecule has 3 aliphatic rings. The van der Waals surface area contributed by atoms with Crippen molar-refractivity contribution in [3.63, 3.8) is 0 Å². The molecule has 3 aliphatic heterocycles. The van der Waals surface area contributed by atoms with E-state index in [0.717, 1.165) is 0 Å². The van der Waals surface area contributed by atoms with Gasteiger partial charge in [-0.1, -0.05) is 0 Å². The summed E-state index contributed by atoms with van der Waals surface area (Å²) >= 11 is 0. The van der Waals surface area contributed by atoms with Crippen molar-refractivity contribution in [1.82, 2.24) is 9.21 Å². The maximum absolute atomic E-state index is 12.1. The molecule has 0 bridgehead atoms. The van der Waals surface area contributed by atoms with E-state index in [0.29, 0.717) is 19.4 Å². The second-order valence-corrected chi connectivity index (χ2v) is 7.03. The van der Waals surface area contributed by atoms with Gasteiger partial charge in [-0.2, -0.15) is 4.31 Å². The number of sulfonamides is 1. The molecule has 7 nitrogen and oxygen atoms in total. The summed E-state index contributed by atoms with van der Waals surface area (Å²) in [6.07, 6.45) is 0.455. The lowest BCUT2D eigenvalue weighted by Crippen LogP contribution is -2.57. The highest BCUT2D eigenvalue weighted by Gasteiger charge is 2.60. The Balaban J connectivity index is 2.07. The monoisotopic (exact) mass is 276 g/mol. The van der Waals surface area contributed by atoms with Crippen molar-refractivity contribution >= 4 is 15.9 Å². The van der Waals surface area contributed by atoms with Gasteiger partial charge in [0.25, 0.3) is 11.8 Å². The lowest BCUT2D eigenvalue weighted by Gasteiger charge is -2.36. The van der Waals surface area contributed by atoms with Crippen LogP contribution in [0, 0.1) is 0 Å². The van der Waals surface area contributed by atoms with E-state index in [1.165, 1.54) is 9.21 Å². The van der Waals surface area contributed by atoms with Crippen LogP contribution in [0.4, 0.5) is 0 Å². The molecule has 0 spiro atoms. The summed E-state index contributed by atoms with van der Waals surface area (Å²) in [7, 11) is -3.42. The Kier molecular flexibility index (Phi) is 2.51. The van der Waals surface area contributed by atoms with Crippen molar-refractivity contribution in [3.05, 3.63) is 0 Å². The van der Waals surface area contributed by atoms with E-state index < -0.39 is 28.1 Å². The molecule has 102 valence electrons. The van der Waals surface area contributed by atoms with Crippen molar-refractivity contribution in [2.24, 2.45) is 0 Å². The van der Waals surface area contributed by atoms with Crippen LogP contribution in [0.15, 0.2) is 0 Å². The first-order chi connectivity index (χ1) is 8.36. The molecule has 3 atom stereocenters. The molecule has 0 aliphatic carbocycles. The van der Waals surface area contributed by atoms with Gasteiger partial charge < -0.3 is 9.84 Å². The van der Waals surface area contributed by atoms with Crippen molar-refractivity contribution in [1.29, 1.82) is 0 Å². The number of ether oxygens (including phenoxy) is 1. The van der Waals surface area contributed by atoms with E-state index in [-0.39, 0.29) is 18.2 Å². The van der Waals surface area contributed by atoms with Gasteiger partial charge >= 0.3 is 0 Å². The van der Waals surface area contributed by atoms with Crippen LogP contribution in [0.5, 0.6) is 0 Å². The Morgan fingerprint density at radius 2 is 2.17 bits per heavy atom. The summed E-state index contributed by atoms with van der Waals surface area (Å²) in [5.74, 6) is -2.30. The van der Waals surface area contributed by atoms with Crippen molar-refractivity contribution in [3.8, 4) is 0 Å². The first kappa shape index (κ1) is 12.3. The minimum Gasteiger partial charge on any atom is -0.347 e. The molecule has 0 aromatic carbocycles. The molecule has 3 rings (SSSR count). The lowest BCUT2D eigenvalue weighted by atomic mass is 10.1. The maximum atomic E-state index is 12.1. The average Bonchev–Trinajstić information content (AvgIpc) is 2.82. The third-order valence-corrected chi connectivity index (χ3v) is 5.77. The Labute approximate surface area is 105 Å². The quantitative estimate of drug-likeness (QED) is 0.593. The Bertz CT molecular complexity index is 492. The molecule has 8 heteroatoms. The summed E-state index contributed by atoms with van der Waals surface area (Å²) < 4.78 is 30.8. The number of carbonyl (C=O) groups is 1. The molecular weight excluding hydrogens is 260 g/mol. The predicted octanol–water partition coefficient (Wildman–Crippen LogP) is -1.31. The number of rotatable bonds is 0. The Hall–Kier alpha value is -0.700. The number of hydrogen-bond donors (Lipinski definition) is 1. The van der Waals surface area contributed by atoms with Gasteiger partial charge in [0.1, 0.15) is 6.10 Å². The summed E-state index contributed by atoms with van der Waals surface area (Å²) in [6.45, 7) is 1.94. The van der Waals surface area contributed by atoms with E-state index >= 15 is 0 Å². The van der Waals surface area contributed by atoms with Crippen LogP contribution in [0.3, 0.4) is 0 Å². The van der Waals surface area contributed by atoms with E-state index in [2.05, 4.69) is 0 Å². The molecular formula is C10H16N2O5S. The summed E-state index contributed by atoms with van der Waals surface area (Å²) in [6, 6.07) is -0.682. The van der Waals surface area contributed by atoms with Crippen LogP contribution in [0.2, 0.25) is 0 Å². The first-order valence-corrected chi connectivity index (χ1v) is 7.68. The standard InChI is InChI=1S/C10H16N2O5S/c1-7-9(13)11-5-6-18(15,16)12-4-2-3-8(12)10(11,14)17-7/h7-8,14H,2-6H2,1H3/t7-,8+,10?/m0/s1. The van der Waals surface area contributed by atoms with Crippen LogP contribution >= 0.6 is 0 Å². The lowest BCUT2D eigenvalue weighted by molar-refractivity contribution is -0.274. The highest BCUT2D eigenvalue weighted by atomic mass is 32.2. The minimum atomic E-state index is -3.42. The fraction of sp³-hybridized carbons (Fsp3) is 0.900. The molecule has 0 saturated carbocycles. The van der Waals surface area contributed by atoms with Crippen LogP contribution in [0.25, 0.3) is 0 Å². The molecule has 0 aromatic rings. The zero-order chi connectivity index (χ0) is 13.1. The van der Waals surface area contributed by atoms with Crippen molar-refractivity contribution < 1.29 is 23.1 Å². The molecule has 0 radical (unpaired) electrons. The molecule has 18 heavy (non-hydrogen) atoms. The van der Waals surface area contributed by atoms with Gasteiger partial charge in [-0.15, -0.1) is 0 Å². The number of amides is 1. The highest BCUT2D eigenvalue weighted by Crippen LogP contribution is 2.39. The second-order valence-electron chi connectivity index (χ2n) is 4.99. The zero-order valence-corrected chi connectivity index (χ0v) is 10.9. The van der Waals surface area contributed by atoms with E-state index in [4.69, 9.17) is 4.74 Å². The topological polar surface area (TPSA) is 87.2 Å². The van der Waals surface area contributed by atoms with Gasteiger partial charge in [0.15, 0.2) is 0 Å². The first-order valence-electron chi connectivity index (χ1n) is 6.07. The highest BCUT2D eigenvalue weighted by molar-refractivity contribution is 7.89. The van der Waals surface area contributed by atoms with E-state index in [1.54, 1.807) is 6.92 Å². The van der Waals surface area contributed by atoms with Crippen molar-refractivity contribution in [2.45, 2.75) is 37.8 Å². The van der Waals surface area contributed by atoms with Crippen LogP contribution in [-0.4, -0.2) is 65.5 Å². The zero-order valence-electron chi connectivity index (χ0n) is 10.1. The van der Waals surface area contributed by atoms with Crippen LogP contribution in [-0.2, 0) is 19.6 Å². The molecule has 1 amide bonds. The van der Waals surface area contributed by atoms with Crippen molar-refractivity contribution in [2.75, 3.05) is 18.8 Å². The number of aliphatic hydroxyl groups is 1. The Morgan fingerprint density at radius 1 is 1.44 bits per heavy atom. The summed E-state index contributed by atoms with van der Waals surface area (Å²) in [5, 5.41) is 10.6. The molecule has 3 heterocycles.